The summed E-state index contributed by atoms with van der Waals surface area (Å²) in [7, 11) is 1.66. The summed E-state index contributed by atoms with van der Waals surface area (Å²) in [5, 5.41) is 13.8. The van der Waals surface area contributed by atoms with Crippen LogP contribution in [0.3, 0.4) is 0 Å². The van der Waals surface area contributed by atoms with Crippen LogP contribution >= 0.6 is 0 Å². The summed E-state index contributed by atoms with van der Waals surface area (Å²) in [5.74, 6) is 0.847. The predicted molar refractivity (Wildman–Crippen MR) is 65.0 cm³/mol. The van der Waals surface area contributed by atoms with Crippen LogP contribution < -0.4 is 10.1 Å². The van der Waals surface area contributed by atoms with Gasteiger partial charge in [-0.1, -0.05) is 13.0 Å². The monoisotopic (exact) mass is 221 g/mol. The minimum absolute atomic E-state index is 0.104. The number of nitrogens with one attached hydrogen (secondary N) is 1. The maximum atomic E-state index is 10.4. The molecule has 1 aromatic rings. The van der Waals surface area contributed by atoms with Crippen LogP contribution in [0.5, 0.6) is 5.75 Å². The minimum Gasteiger partial charge on any atom is -0.496 e. The summed E-state index contributed by atoms with van der Waals surface area (Å²) in [4.78, 5) is 0. The number of benzene rings is 1. The van der Waals surface area contributed by atoms with Gasteiger partial charge in [0.1, 0.15) is 5.75 Å². The SMILES string of the molecule is CCC1Nc2cccc(OC)c2CC1(C)O. The highest BCUT2D eigenvalue weighted by Gasteiger charge is 2.36. The van der Waals surface area contributed by atoms with E-state index in [4.69, 9.17) is 4.74 Å². The van der Waals surface area contributed by atoms with Crippen LogP contribution in [-0.2, 0) is 6.42 Å². The molecule has 0 saturated heterocycles. The first kappa shape index (κ1) is 11.3. The van der Waals surface area contributed by atoms with Gasteiger partial charge in [-0.25, -0.2) is 0 Å². The fraction of sp³-hybridized carbons (Fsp3) is 0.538. The van der Waals surface area contributed by atoms with Crippen molar-refractivity contribution in [1.29, 1.82) is 0 Å². The van der Waals surface area contributed by atoms with Crippen molar-refractivity contribution in [2.24, 2.45) is 0 Å². The number of ether oxygens (including phenoxy) is 1. The van der Waals surface area contributed by atoms with Crippen molar-refractivity contribution in [3.8, 4) is 5.75 Å². The van der Waals surface area contributed by atoms with Gasteiger partial charge in [0.2, 0.25) is 0 Å². The highest BCUT2D eigenvalue weighted by molar-refractivity contribution is 5.61. The second-order valence-electron chi connectivity index (χ2n) is 4.63. The van der Waals surface area contributed by atoms with Gasteiger partial charge in [0, 0.05) is 17.7 Å². The van der Waals surface area contributed by atoms with Crippen molar-refractivity contribution in [2.45, 2.75) is 38.3 Å². The van der Waals surface area contributed by atoms with E-state index in [1.54, 1.807) is 7.11 Å². The Hall–Kier alpha value is -1.22. The zero-order valence-corrected chi connectivity index (χ0v) is 10.1. The molecule has 2 N–H and O–H groups in total. The summed E-state index contributed by atoms with van der Waals surface area (Å²) in [6.45, 7) is 3.96. The number of fused-ring (bicyclic) bond motifs is 1. The Kier molecular flexibility index (Phi) is 2.80. The molecular weight excluding hydrogens is 202 g/mol. The average molecular weight is 221 g/mol. The number of rotatable bonds is 2. The van der Waals surface area contributed by atoms with Crippen molar-refractivity contribution < 1.29 is 9.84 Å². The first-order valence-corrected chi connectivity index (χ1v) is 5.73. The van der Waals surface area contributed by atoms with Crippen LogP contribution in [0.1, 0.15) is 25.8 Å². The number of hydrogen-bond acceptors (Lipinski definition) is 3. The molecule has 2 atom stereocenters. The van der Waals surface area contributed by atoms with Crippen LogP contribution in [0.15, 0.2) is 18.2 Å². The molecule has 1 aliphatic heterocycles. The van der Waals surface area contributed by atoms with E-state index in [1.165, 1.54) is 0 Å². The van der Waals surface area contributed by atoms with Crippen LogP contribution in [0.25, 0.3) is 0 Å². The maximum Gasteiger partial charge on any atom is 0.124 e. The molecular formula is C13H19NO2. The third-order valence-corrected chi connectivity index (χ3v) is 3.38. The van der Waals surface area contributed by atoms with Gasteiger partial charge in [-0.15, -0.1) is 0 Å². The first-order chi connectivity index (χ1) is 7.58. The molecule has 2 unspecified atom stereocenters. The summed E-state index contributed by atoms with van der Waals surface area (Å²) in [5.41, 5.74) is 1.44. The first-order valence-electron chi connectivity index (χ1n) is 5.73. The summed E-state index contributed by atoms with van der Waals surface area (Å²) in [6, 6.07) is 6.04. The van der Waals surface area contributed by atoms with Crippen LogP contribution in [0.2, 0.25) is 0 Å². The van der Waals surface area contributed by atoms with E-state index < -0.39 is 5.60 Å². The largest absolute Gasteiger partial charge is 0.496 e. The lowest BCUT2D eigenvalue weighted by Gasteiger charge is -2.39. The second kappa shape index (κ2) is 3.98. The van der Waals surface area contributed by atoms with E-state index in [0.29, 0.717) is 6.42 Å². The van der Waals surface area contributed by atoms with Gasteiger partial charge in [0.05, 0.1) is 18.8 Å². The molecule has 0 aromatic heterocycles. The highest BCUT2D eigenvalue weighted by atomic mass is 16.5. The van der Waals surface area contributed by atoms with Gasteiger partial charge >= 0.3 is 0 Å². The van der Waals surface area contributed by atoms with Gasteiger partial charge in [-0.2, -0.15) is 0 Å². The number of hydrogen-bond donors (Lipinski definition) is 2. The Morgan fingerprint density at radius 3 is 2.94 bits per heavy atom. The number of anilines is 1. The lowest BCUT2D eigenvalue weighted by molar-refractivity contribution is 0.0344. The van der Waals surface area contributed by atoms with Gasteiger partial charge in [-0.05, 0) is 25.5 Å². The molecule has 1 aliphatic rings. The Morgan fingerprint density at radius 1 is 1.56 bits per heavy atom. The molecule has 0 fully saturated rings. The molecule has 0 aliphatic carbocycles. The lowest BCUT2D eigenvalue weighted by atomic mass is 9.83. The van der Waals surface area contributed by atoms with Crippen LogP contribution in [0.4, 0.5) is 5.69 Å². The Labute approximate surface area is 96.4 Å². The van der Waals surface area contributed by atoms with Crippen molar-refractivity contribution in [2.75, 3.05) is 12.4 Å². The molecule has 0 amide bonds. The summed E-state index contributed by atoms with van der Waals surface area (Å²) >= 11 is 0. The molecule has 3 heteroatoms. The van der Waals surface area contributed by atoms with E-state index in [9.17, 15) is 5.11 Å². The van der Waals surface area contributed by atoms with E-state index in [2.05, 4.69) is 12.2 Å². The molecule has 0 bridgehead atoms. The fourth-order valence-corrected chi connectivity index (χ4v) is 2.44. The van der Waals surface area contributed by atoms with Crippen molar-refractivity contribution >= 4 is 5.69 Å². The smallest absolute Gasteiger partial charge is 0.124 e. The van der Waals surface area contributed by atoms with Gasteiger partial charge in [-0.3, -0.25) is 0 Å². The number of methoxy groups -OCH3 is 1. The molecule has 16 heavy (non-hydrogen) atoms. The lowest BCUT2D eigenvalue weighted by Crippen LogP contribution is -2.49. The zero-order valence-electron chi connectivity index (χ0n) is 10.1. The van der Waals surface area contributed by atoms with Crippen molar-refractivity contribution in [1.82, 2.24) is 0 Å². The van der Waals surface area contributed by atoms with Gasteiger partial charge < -0.3 is 15.2 Å². The molecule has 0 spiro atoms. The fourth-order valence-electron chi connectivity index (χ4n) is 2.44. The third kappa shape index (κ3) is 1.76. The molecule has 0 radical (unpaired) electrons. The van der Waals surface area contributed by atoms with E-state index in [-0.39, 0.29) is 6.04 Å². The predicted octanol–water partition coefficient (Wildman–Crippen LogP) is 2.19. The quantitative estimate of drug-likeness (QED) is 0.804. The highest BCUT2D eigenvalue weighted by Crippen LogP contribution is 2.37. The Balaban J connectivity index is 2.42. The molecule has 1 aromatic carbocycles. The molecule has 1 heterocycles. The summed E-state index contributed by atoms with van der Waals surface area (Å²) in [6.07, 6.45) is 1.54. The second-order valence-corrected chi connectivity index (χ2v) is 4.63. The normalized spacial score (nSPS) is 28.1. The maximum absolute atomic E-state index is 10.4. The molecule has 88 valence electrons. The average Bonchev–Trinajstić information content (AvgIpc) is 2.26. The topological polar surface area (TPSA) is 41.5 Å². The van der Waals surface area contributed by atoms with E-state index in [1.807, 2.05) is 25.1 Å². The van der Waals surface area contributed by atoms with Crippen LogP contribution in [-0.4, -0.2) is 23.9 Å². The van der Waals surface area contributed by atoms with Crippen LogP contribution in [0, 0.1) is 0 Å². The number of aliphatic hydroxyl groups is 1. The Morgan fingerprint density at radius 2 is 2.31 bits per heavy atom. The van der Waals surface area contributed by atoms with Crippen molar-refractivity contribution in [3.63, 3.8) is 0 Å². The zero-order chi connectivity index (χ0) is 11.8. The molecule has 3 nitrogen and oxygen atoms in total. The van der Waals surface area contributed by atoms with Gasteiger partial charge in [0.15, 0.2) is 0 Å². The third-order valence-electron chi connectivity index (χ3n) is 3.38. The Bertz CT molecular complexity index is 388. The van der Waals surface area contributed by atoms with Gasteiger partial charge in [0.25, 0.3) is 0 Å². The summed E-state index contributed by atoms with van der Waals surface area (Å²) < 4.78 is 5.32. The standard InChI is InChI=1S/C13H19NO2/c1-4-12-13(2,15)8-9-10(14-12)6-5-7-11(9)16-3/h5-7,12,14-15H,4,8H2,1-3H3. The molecule has 0 saturated carbocycles. The molecule has 2 rings (SSSR count). The minimum atomic E-state index is -0.712. The van der Waals surface area contributed by atoms with E-state index >= 15 is 0 Å². The van der Waals surface area contributed by atoms with E-state index in [0.717, 1.165) is 23.4 Å². The van der Waals surface area contributed by atoms with Crippen molar-refractivity contribution in [3.05, 3.63) is 23.8 Å².